The second-order valence-corrected chi connectivity index (χ2v) is 5.71. The van der Waals surface area contributed by atoms with Crippen LogP contribution in [-0.4, -0.2) is 12.1 Å². The Kier molecular flexibility index (Phi) is 3.34. The van der Waals surface area contributed by atoms with Crippen molar-refractivity contribution < 1.29 is 0 Å². The number of nitrogens with one attached hydrogen (secondary N) is 1. The highest BCUT2D eigenvalue weighted by Gasteiger charge is 2.45. The fourth-order valence-corrected chi connectivity index (χ4v) is 2.26. The molecule has 0 heterocycles. The summed E-state index contributed by atoms with van der Waals surface area (Å²) in [4.78, 5) is 0. The molecule has 1 nitrogen and oxygen atoms in total. The largest absolute Gasteiger partial charge is 0.310 e. The molecule has 1 saturated carbocycles. The molecule has 0 spiro atoms. The lowest BCUT2D eigenvalue weighted by molar-refractivity contribution is 0.447. The van der Waals surface area contributed by atoms with Crippen LogP contribution in [0.25, 0.3) is 0 Å². The van der Waals surface area contributed by atoms with Crippen molar-refractivity contribution in [3.63, 3.8) is 0 Å². The molecule has 1 aromatic carbocycles. The van der Waals surface area contributed by atoms with Crippen molar-refractivity contribution in [1.82, 2.24) is 5.32 Å². The molecular weight excluding hydrogens is 194 g/mol. The lowest BCUT2D eigenvalue weighted by atomic mass is 10.0. The van der Waals surface area contributed by atoms with Gasteiger partial charge in [-0.3, -0.25) is 0 Å². The molecule has 1 aliphatic carbocycles. The number of hydrogen-bond acceptors (Lipinski definition) is 1. The monoisotopic (exact) mass is 217 g/mol. The van der Waals surface area contributed by atoms with E-state index in [-0.39, 0.29) is 0 Å². The summed E-state index contributed by atoms with van der Waals surface area (Å²) in [5.74, 6) is 0. The van der Waals surface area contributed by atoms with Crippen molar-refractivity contribution >= 4 is 0 Å². The summed E-state index contributed by atoms with van der Waals surface area (Å²) in [5.41, 5.74) is 1.98. The second-order valence-electron chi connectivity index (χ2n) is 5.71. The fraction of sp³-hybridized carbons (Fsp3) is 0.600. The SMILES string of the molecule is CCC(Cc1ccccc1)NC1CC1(C)C. The molecule has 1 aromatic rings. The van der Waals surface area contributed by atoms with Gasteiger partial charge in [0.25, 0.3) is 0 Å². The van der Waals surface area contributed by atoms with Crippen LogP contribution in [0.4, 0.5) is 0 Å². The summed E-state index contributed by atoms with van der Waals surface area (Å²) in [6.45, 7) is 6.97. The second kappa shape index (κ2) is 4.58. The summed E-state index contributed by atoms with van der Waals surface area (Å²) in [6.07, 6.45) is 3.70. The highest BCUT2D eigenvalue weighted by molar-refractivity contribution is 5.16. The van der Waals surface area contributed by atoms with E-state index in [4.69, 9.17) is 0 Å². The normalized spacial score (nSPS) is 24.1. The predicted molar refractivity (Wildman–Crippen MR) is 69.5 cm³/mol. The zero-order valence-electron chi connectivity index (χ0n) is 10.7. The Morgan fingerprint density at radius 3 is 2.44 bits per heavy atom. The van der Waals surface area contributed by atoms with E-state index in [0.717, 1.165) is 12.5 Å². The van der Waals surface area contributed by atoms with Gasteiger partial charge < -0.3 is 5.32 Å². The zero-order valence-corrected chi connectivity index (χ0v) is 10.7. The van der Waals surface area contributed by atoms with Crippen LogP contribution < -0.4 is 5.32 Å². The van der Waals surface area contributed by atoms with Crippen LogP contribution in [0.1, 0.15) is 39.2 Å². The van der Waals surface area contributed by atoms with E-state index in [9.17, 15) is 0 Å². The zero-order chi connectivity index (χ0) is 11.6. The average molecular weight is 217 g/mol. The van der Waals surface area contributed by atoms with E-state index < -0.39 is 0 Å². The maximum absolute atomic E-state index is 3.78. The third-order valence-electron chi connectivity index (χ3n) is 3.77. The quantitative estimate of drug-likeness (QED) is 0.797. The van der Waals surface area contributed by atoms with E-state index in [1.54, 1.807) is 0 Å². The Hall–Kier alpha value is -0.820. The summed E-state index contributed by atoms with van der Waals surface area (Å²) >= 11 is 0. The Labute approximate surface area is 99.3 Å². The van der Waals surface area contributed by atoms with E-state index in [1.807, 2.05) is 0 Å². The topological polar surface area (TPSA) is 12.0 Å². The minimum absolute atomic E-state index is 0.532. The van der Waals surface area contributed by atoms with Gasteiger partial charge in [0, 0.05) is 12.1 Å². The van der Waals surface area contributed by atoms with Crippen LogP contribution in [0.2, 0.25) is 0 Å². The smallest absolute Gasteiger partial charge is 0.0127 e. The van der Waals surface area contributed by atoms with Gasteiger partial charge in [-0.2, -0.15) is 0 Å². The number of hydrogen-bond donors (Lipinski definition) is 1. The molecule has 2 atom stereocenters. The lowest BCUT2D eigenvalue weighted by Crippen LogP contribution is -2.34. The molecule has 0 aliphatic heterocycles. The molecule has 2 rings (SSSR count). The van der Waals surface area contributed by atoms with Gasteiger partial charge in [0.05, 0.1) is 0 Å². The van der Waals surface area contributed by atoms with Crippen molar-refractivity contribution in [3.8, 4) is 0 Å². The third kappa shape index (κ3) is 2.85. The molecule has 0 saturated heterocycles. The van der Waals surface area contributed by atoms with Crippen LogP contribution >= 0.6 is 0 Å². The molecule has 0 radical (unpaired) electrons. The van der Waals surface area contributed by atoms with Crippen LogP contribution in [0.5, 0.6) is 0 Å². The third-order valence-corrected chi connectivity index (χ3v) is 3.77. The van der Waals surface area contributed by atoms with Crippen LogP contribution in [0.3, 0.4) is 0 Å². The number of rotatable bonds is 5. The van der Waals surface area contributed by atoms with Gasteiger partial charge in [-0.1, -0.05) is 51.1 Å². The van der Waals surface area contributed by atoms with Crippen molar-refractivity contribution in [1.29, 1.82) is 0 Å². The molecular formula is C15H23N. The first-order valence-electron chi connectivity index (χ1n) is 6.42. The summed E-state index contributed by atoms with van der Waals surface area (Å²) in [5, 5.41) is 3.78. The molecule has 16 heavy (non-hydrogen) atoms. The highest BCUT2D eigenvalue weighted by atomic mass is 15.0. The lowest BCUT2D eigenvalue weighted by Gasteiger charge is -2.18. The van der Waals surface area contributed by atoms with E-state index in [1.165, 1.54) is 18.4 Å². The van der Waals surface area contributed by atoms with Gasteiger partial charge in [-0.05, 0) is 30.2 Å². The Morgan fingerprint density at radius 2 is 1.94 bits per heavy atom. The van der Waals surface area contributed by atoms with Gasteiger partial charge in [0.15, 0.2) is 0 Å². The van der Waals surface area contributed by atoms with Crippen molar-refractivity contribution in [2.75, 3.05) is 0 Å². The first-order valence-corrected chi connectivity index (χ1v) is 6.42. The minimum Gasteiger partial charge on any atom is -0.310 e. The van der Waals surface area contributed by atoms with E-state index in [0.29, 0.717) is 11.5 Å². The highest BCUT2D eigenvalue weighted by Crippen LogP contribution is 2.45. The van der Waals surface area contributed by atoms with Crippen LogP contribution in [0.15, 0.2) is 30.3 Å². The Morgan fingerprint density at radius 1 is 1.31 bits per heavy atom. The molecule has 1 heteroatoms. The Bertz CT molecular complexity index is 329. The summed E-state index contributed by atoms with van der Waals surface area (Å²) in [7, 11) is 0. The molecule has 1 fully saturated rings. The maximum Gasteiger partial charge on any atom is 0.0127 e. The summed E-state index contributed by atoms with van der Waals surface area (Å²) < 4.78 is 0. The van der Waals surface area contributed by atoms with Gasteiger partial charge in [-0.25, -0.2) is 0 Å². The molecule has 88 valence electrons. The fourth-order valence-electron chi connectivity index (χ4n) is 2.26. The molecule has 0 amide bonds. The predicted octanol–water partition coefficient (Wildman–Crippen LogP) is 3.40. The first kappa shape index (κ1) is 11.7. The van der Waals surface area contributed by atoms with Crippen LogP contribution in [-0.2, 0) is 6.42 Å². The minimum atomic E-state index is 0.532. The van der Waals surface area contributed by atoms with Gasteiger partial charge in [0.1, 0.15) is 0 Å². The molecule has 0 bridgehead atoms. The summed E-state index contributed by atoms with van der Waals surface area (Å²) in [6, 6.07) is 12.2. The number of benzene rings is 1. The first-order chi connectivity index (χ1) is 7.62. The van der Waals surface area contributed by atoms with E-state index >= 15 is 0 Å². The van der Waals surface area contributed by atoms with Gasteiger partial charge in [-0.15, -0.1) is 0 Å². The van der Waals surface area contributed by atoms with Gasteiger partial charge in [0.2, 0.25) is 0 Å². The average Bonchev–Trinajstić information content (AvgIpc) is 2.86. The molecule has 1 N–H and O–H groups in total. The van der Waals surface area contributed by atoms with Crippen molar-refractivity contribution in [3.05, 3.63) is 35.9 Å². The van der Waals surface area contributed by atoms with Crippen LogP contribution in [0, 0.1) is 5.41 Å². The van der Waals surface area contributed by atoms with Crippen molar-refractivity contribution in [2.45, 2.75) is 52.1 Å². The maximum atomic E-state index is 3.78. The molecule has 1 aliphatic rings. The van der Waals surface area contributed by atoms with E-state index in [2.05, 4.69) is 56.4 Å². The van der Waals surface area contributed by atoms with Crippen molar-refractivity contribution in [2.24, 2.45) is 5.41 Å². The standard InChI is InChI=1S/C15H23N/c1-4-13(16-14-11-15(14,2)3)10-12-8-6-5-7-9-12/h5-9,13-14,16H,4,10-11H2,1-3H3. The molecule has 2 unspecified atom stereocenters. The Balaban J connectivity index is 1.87. The molecule has 0 aromatic heterocycles. The van der Waals surface area contributed by atoms with Gasteiger partial charge >= 0.3 is 0 Å².